The van der Waals surface area contributed by atoms with Crippen LogP contribution in [-0.2, 0) is 4.74 Å². The van der Waals surface area contributed by atoms with Crippen molar-refractivity contribution in [3.63, 3.8) is 0 Å². The van der Waals surface area contributed by atoms with Gasteiger partial charge in [-0.2, -0.15) is 0 Å². The Kier molecular flexibility index (Phi) is 4.26. The van der Waals surface area contributed by atoms with Crippen LogP contribution in [0.2, 0.25) is 0 Å². The monoisotopic (exact) mass is 291 g/mol. The molecule has 0 aromatic carbocycles. The molecule has 1 aromatic rings. The van der Waals surface area contributed by atoms with Crippen molar-refractivity contribution < 1.29 is 4.74 Å². The molecule has 21 heavy (non-hydrogen) atoms. The molecular weight excluding hydrogens is 266 g/mol. The van der Waals surface area contributed by atoms with E-state index in [1.807, 2.05) is 14.0 Å². The summed E-state index contributed by atoms with van der Waals surface area (Å²) in [6.45, 7) is 10.0. The summed E-state index contributed by atoms with van der Waals surface area (Å²) in [5.74, 6) is 2.85. The van der Waals surface area contributed by atoms with E-state index in [9.17, 15) is 0 Å². The van der Waals surface area contributed by atoms with Gasteiger partial charge in [-0.15, -0.1) is 0 Å². The van der Waals surface area contributed by atoms with E-state index in [2.05, 4.69) is 32.0 Å². The minimum Gasteiger partial charge on any atom is -0.379 e. The number of nitrogens with zero attached hydrogens (tertiary/aromatic N) is 4. The molecule has 6 nitrogen and oxygen atoms in total. The number of morpholine rings is 1. The molecule has 1 aromatic heterocycles. The van der Waals surface area contributed by atoms with Crippen LogP contribution in [0.3, 0.4) is 0 Å². The number of aromatic nitrogens is 2. The Bertz CT molecular complexity index is 501. The molecule has 0 spiro atoms. The van der Waals surface area contributed by atoms with Crippen LogP contribution >= 0.6 is 0 Å². The van der Waals surface area contributed by atoms with Gasteiger partial charge in [0, 0.05) is 44.8 Å². The topological polar surface area (TPSA) is 53.5 Å². The molecule has 0 saturated carbocycles. The summed E-state index contributed by atoms with van der Waals surface area (Å²) in [7, 11) is 1.92. The largest absolute Gasteiger partial charge is 0.379 e. The van der Waals surface area contributed by atoms with E-state index >= 15 is 0 Å². The van der Waals surface area contributed by atoms with E-state index in [0.29, 0.717) is 6.04 Å². The van der Waals surface area contributed by atoms with Gasteiger partial charge in [-0.05, 0) is 20.3 Å². The Labute approximate surface area is 126 Å². The average molecular weight is 291 g/mol. The third kappa shape index (κ3) is 2.96. The highest BCUT2D eigenvalue weighted by atomic mass is 16.5. The lowest BCUT2D eigenvalue weighted by Gasteiger charge is -2.32. The number of aryl methyl sites for hydroxylation is 1. The molecule has 0 aliphatic carbocycles. The van der Waals surface area contributed by atoms with Crippen LogP contribution in [-0.4, -0.2) is 67.4 Å². The molecule has 3 rings (SSSR count). The van der Waals surface area contributed by atoms with Gasteiger partial charge in [0.15, 0.2) is 0 Å². The highest BCUT2D eigenvalue weighted by molar-refractivity contribution is 5.59. The number of ether oxygens (including phenoxy) is 1. The van der Waals surface area contributed by atoms with Crippen LogP contribution < -0.4 is 10.2 Å². The van der Waals surface area contributed by atoms with Crippen LogP contribution in [0.1, 0.15) is 17.8 Å². The summed E-state index contributed by atoms with van der Waals surface area (Å²) < 4.78 is 5.45. The highest BCUT2D eigenvalue weighted by Crippen LogP contribution is 2.28. The quantitative estimate of drug-likeness (QED) is 0.898. The van der Waals surface area contributed by atoms with E-state index in [4.69, 9.17) is 4.74 Å². The lowest BCUT2D eigenvalue weighted by atomic mass is 10.2. The molecular formula is C15H25N5O. The molecule has 1 N–H and O–H groups in total. The van der Waals surface area contributed by atoms with Gasteiger partial charge < -0.3 is 15.0 Å². The molecule has 3 heterocycles. The van der Waals surface area contributed by atoms with Crippen molar-refractivity contribution in [3.05, 3.63) is 11.4 Å². The standard InChI is InChI=1S/C15H25N5O/c1-11-14(16-3)17-12(2)18-15(11)20-5-4-13(10-20)19-6-8-21-9-7-19/h13H,4-10H2,1-3H3,(H,16,17,18). The summed E-state index contributed by atoms with van der Waals surface area (Å²) in [5.41, 5.74) is 1.14. The van der Waals surface area contributed by atoms with Gasteiger partial charge in [0.2, 0.25) is 0 Å². The van der Waals surface area contributed by atoms with Crippen molar-refractivity contribution in [2.24, 2.45) is 0 Å². The molecule has 0 bridgehead atoms. The second-order valence-electron chi connectivity index (χ2n) is 5.85. The fourth-order valence-electron chi connectivity index (χ4n) is 3.34. The Morgan fingerprint density at radius 3 is 2.62 bits per heavy atom. The van der Waals surface area contributed by atoms with Gasteiger partial charge in [0.25, 0.3) is 0 Å². The van der Waals surface area contributed by atoms with Gasteiger partial charge in [-0.25, -0.2) is 9.97 Å². The molecule has 6 heteroatoms. The first-order valence-electron chi connectivity index (χ1n) is 7.78. The predicted molar refractivity (Wildman–Crippen MR) is 84.1 cm³/mol. The maximum absolute atomic E-state index is 5.45. The maximum Gasteiger partial charge on any atom is 0.137 e. The second-order valence-corrected chi connectivity index (χ2v) is 5.85. The van der Waals surface area contributed by atoms with Gasteiger partial charge in [0.05, 0.1) is 13.2 Å². The number of nitrogens with one attached hydrogen (secondary N) is 1. The Morgan fingerprint density at radius 2 is 1.90 bits per heavy atom. The highest BCUT2D eigenvalue weighted by Gasteiger charge is 2.30. The van der Waals surface area contributed by atoms with E-state index in [0.717, 1.165) is 62.4 Å². The number of rotatable bonds is 3. The third-order valence-electron chi connectivity index (χ3n) is 4.49. The van der Waals surface area contributed by atoms with E-state index in [1.54, 1.807) is 0 Å². The summed E-state index contributed by atoms with van der Waals surface area (Å²) in [4.78, 5) is 14.1. The molecule has 2 fully saturated rings. The van der Waals surface area contributed by atoms with E-state index in [-0.39, 0.29) is 0 Å². The fourth-order valence-corrected chi connectivity index (χ4v) is 3.34. The third-order valence-corrected chi connectivity index (χ3v) is 4.49. The zero-order chi connectivity index (χ0) is 14.8. The Hall–Kier alpha value is -1.40. The zero-order valence-corrected chi connectivity index (χ0v) is 13.2. The van der Waals surface area contributed by atoms with Gasteiger partial charge >= 0.3 is 0 Å². The lowest BCUT2D eigenvalue weighted by Crippen LogP contribution is -2.44. The smallest absolute Gasteiger partial charge is 0.137 e. The first-order chi connectivity index (χ1) is 10.2. The molecule has 2 saturated heterocycles. The van der Waals surface area contributed by atoms with Crippen LogP contribution in [0.15, 0.2) is 0 Å². The number of hydrogen-bond donors (Lipinski definition) is 1. The second kappa shape index (κ2) is 6.15. The lowest BCUT2D eigenvalue weighted by molar-refractivity contribution is 0.0209. The molecule has 1 atom stereocenters. The Balaban J connectivity index is 1.75. The van der Waals surface area contributed by atoms with Gasteiger partial charge in [-0.3, -0.25) is 4.90 Å². The number of anilines is 2. The average Bonchev–Trinajstić information content (AvgIpc) is 3.00. The van der Waals surface area contributed by atoms with Crippen LogP contribution in [0, 0.1) is 13.8 Å². The van der Waals surface area contributed by atoms with Crippen molar-refractivity contribution in [3.8, 4) is 0 Å². The summed E-state index contributed by atoms with van der Waals surface area (Å²) >= 11 is 0. The molecule has 2 aliphatic heterocycles. The minimum absolute atomic E-state index is 0.626. The fraction of sp³-hybridized carbons (Fsp3) is 0.733. The zero-order valence-electron chi connectivity index (χ0n) is 13.2. The summed E-state index contributed by atoms with van der Waals surface area (Å²) in [5, 5.41) is 3.17. The van der Waals surface area contributed by atoms with Crippen LogP contribution in [0.4, 0.5) is 11.6 Å². The molecule has 116 valence electrons. The van der Waals surface area contributed by atoms with E-state index < -0.39 is 0 Å². The molecule has 0 radical (unpaired) electrons. The van der Waals surface area contributed by atoms with Crippen molar-refractivity contribution >= 4 is 11.6 Å². The normalized spacial score (nSPS) is 23.6. The summed E-state index contributed by atoms with van der Waals surface area (Å²) in [6.07, 6.45) is 1.21. The van der Waals surface area contributed by atoms with Crippen molar-refractivity contribution in [2.45, 2.75) is 26.3 Å². The van der Waals surface area contributed by atoms with Crippen molar-refractivity contribution in [1.29, 1.82) is 0 Å². The van der Waals surface area contributed by atoms with Gasteiger partial charge in [-0.1, -0.05) is 0 Å². The van der Waals surface area contributed by atoms with Crippen molar-refractivity contribution in [1.82, 2.24) is 14.9 Å². The summed E-state index contributed by atoms with van der Waals surface area (Å²) in [6, 6.07) is 0.626. The van der Waals surface area contributed by atoms with Crippen molar-refractivity contribution in [2.75, 3.05) is 56.7 Å². The molecule has 0 amide bonds. The first kappa shape index (κ1) is 14.5. The van der Waals surface area contributed by atoms with Gasteiger partial charge in [0.1, 0.15) is 17.5 Å². The Morgan fingerprint density at radius 1 is 1.14 bits per heavy atom. The molecule has 2 aliphatic rings. The predicted octanol–water partition coefficient (Wildman–Crippen LogP) is 1.05. The molecule has 1 unspecified atom stereocenters. The maximum atomic E-state index is 5.45. The van der Waals surface area contributed by atoms with E-state index in [1.165, 1.54) is 6.42 Å². The van der Waals surface area contributed by atoms with Crippen LogP contribution in [0.25, 0.3) is 0 Å². The minimum atomic E-state index is 0.626. The van der Waals surface area contributed by atoms with Crippen LogP contribution in [0.5, 0.6) is 0 Å². The SMILES string of the molecule is CNc1nc(C)nc(N2CCC(N3CCOCC3)C2)c1C. The number of hydrogen-bond acceptors (Lipinski definition) is 6. The first-order valence-corrected chi connectivity index (χ1v) is 7.78.